The molecule has 1 nitrogen and oxygen atoms in total. The summed E-state index contributed by atoms with van der Waals surface area (Å²) in [5.41, 5.74) is 3.41. The van der Waals surface area contributed by atoms with Crippen molar-refractivity contribution < 1.29 is 4.39 Å². The molecule has 0 heterocycles. The molecule has 0 aliphatic rings. The molecule has 0 aliphatic carbocycles. The summed E-state index contributed by atoms with van der Waals surface area (Å²) in [5, 5.41) is 3.30. The molecule has 0 amide bonds. The van der Waals surface area contributed by atoms with E-state index < -0.39 is 0 Å². The first-order valence-corrected chi connectivity index (χ1v) is 7.07. The molecule has 0 saturated carbocycles. The smallest absolute Gasteiger partial charge is 0.123 e. The third-order valence-corrected chi connectivity index (χ3v) is 3.93. The van der Waals surface area contributed by atoms with Gasteiger partial charge in [0.2, 0.25) is 0 Å². The fourth-order valence-electron chi connectivity index (χ4n) is 2.20. The van der Waals surface area contributed by atoms with Crippen LogP contribution in [0.3, 0.4) is 0 Å². The number of hydrogen-bond donors (Lipinski definition) is 1. The zero-order valence-electron chi connectivity index (χ0n) is 11.1. The van der Waals surface area contributed by atoms with Crippen molar-refractivity contribution >= 4 is 15.9 Å². The van der Waals surface area contributed by atoms with Crippen molar-refractivity contribution in [1.29, 1.82) is 0 Å². The predicted octanol–water partition coefficient (Wildman–Crippen LogP) is 4.40. The molecule has 2 aromatic carbocycles. The van der Waals surface area contributed by atoms with Crippen LogP contribution in [0.2, 0.25) is 0 Å². The van der Waals surface area contributed by atoms with E-state index in [4.69, 9.17) is 0 Å². The summed E-state index contributed by atoms with van der Waals surface area (Å²) in [4.78, 5) is 0. The van der Waals surface area contributed by atoms with E-state index in [0.717, 1.165) is 16.5 Å². The summed E-state index contributed by atoms with van der Waals surface area (Å²) in [6.07, 6.45) is 0.760. The maximum absolute atomic E-state index is 13.2. The lowest BCUT2D eigenvalue weighted by Crippen LogP contribution is -2.19. The topological polar surface area (TPSA) is 12.0 Å². The maximum Gasteiger partial charge on any atom is 0.123 e. The first-order chi connectivity index (χ1) is 9.10. The van der Waals surface area contributed by atoms with Crippen LogP contribution in [0.1, 0.15) is 22.7 Å². The summed E-state index contributed by atoms with van der Waals surface area (Å²) >= 11 is 3.59. The number of halogens is 2. The number of hydrogen-bond acceptors (Lipinski definition) is 1. The summed E-state index contributed by atoms with van der Waals surface area (Å²) in [7, 11) is 1.93. The summed E-state index contributed by atoms with van der Waals surface area (Å²) in [5.74, 6) is -0.185. The van der Waals surface area contributed by atoms with Gasteiger partial charge in [-0.2, -0.15) is 0 Å². The Bertz CT molecular complexity index is 568. The van der Waals surface area contributed by atoms with Crippen molar-refractivity contribution in [2.45, 2.75) is 19.4 Å². The molecule has 1 atom stereocenters. The zero-order valence-corrected chi connectivity index (χ0v) is 12.7. The number of likely N-dealkylation sites (N-methyl/N-ethyl adjacent to an activating group) is 1. The number of aryl methyl sites for hydroxylation is 1. The van der Waals surface area contributed by atoms with E-state index in [0.29, 0.717) is 0 Å². The molecule has 0 bridgehead atoms. The highest BCUT2D eigenvalue weighted by molar-refractivity contribution is 9.10. The van der Waals surface area contributed by atoms with Gasteiger partial charge >= 0.3 is 0 Å². The Balaban J connectivity index is 2.27. The second kappa shape index (κ2) is 6.31. The van der Waals surface area contributed by atoms with Gasteiger partial charge in [0.15, 0.2) is 0 Å². The largest absolute Gasteiger partial charge is 0.313 e. The first-order valence-electron chi connectivity index (χ1n) is 6.28. The van der Waals surface area contributed by atoms with Gasteiger partial charge in [-0.05, 0) is 49.7 Å². The van der Waals surface area contributed by atoms with E-state index in [1.54, 1.807) is 12.1 Å². The van der Waals surface area contributed by atoms with Crippen LogP contribution in [0.15, 0.2) is 46.9 Å². The Morgan fingerprint density at radius 3 is 2.68 bits per heavy atom. The van der Waals surface area contributed by atoms with Gasteiger partial charge in [0, 0.05) is 10.5 Å². The van der Waals surface area contributed by atoms with Gasteiger partial charge in [-0.3, -0.25) is 0 Å². The lowest BCUT2D eigenvalue weighted by Gasteiger charge is -2.19. The number of rotatable bonds is 4. The molecule has 1 unspecified atom stereocenters. The monoisotopic (exact) mass is 321 g/mol. The first kappa shape index (κ1) is 14.2. The molecule has 100 valence electrons. The Morgan fingerprint density at radius 2 is 2.00 bits per heavy atom. The number of nitrogens with one attached hydrogen (secondary N) is 1. The molecule has 0 spiro atoms. The molecular formula is C16H17BrFN. The molecule has 0 saturated heterocycles. The zero-order chi connectivity index (χ0) is 13.8. The van der Waals surface area contributed by atoms with E-state index in [9.17, 15) is 4.39 Å². The Hall–Kier alpha value is -1.19. The van der Waals surface area contributed by atoms with E-state index in [1.165, 1.54) is 17.2 Å². The molecule has 1 N–H and O–H groups in total. The van der Waals surface area contributed by atoms with Gasteiger partial charge < -0.3 is 5.32 Å². The molecule has 2 rings (SSSR count). The third-order valence-electron chi connectivity index (χ3n) is 3.20. The van der Waals surface area contributed by atoms with Crippen LogP contribution in [0.4, 0.5) is 4.39 Å². The Kier molecular flexibility index (Phi) is 4.72. The summed E-state index contributed by atoms with van der Waals surface area (Å²) < 4.78 is 14.3. The molecule has 0 aromatic heterocycles. The average Bonchev–Trinajstić information content (AvgIpc) is 2.39. The number of benzene rings is 2. The standard InChI is InChI=1S/C16H17BrFN/c1-11-6-7-15(17)14(8-11)16(19-2)10-12-4-3-5-13(18)9-12/h3-9,16,19H,10H2,1-2H3. The molecule has 0 radical (unpaired) electrons. The van der Waals surface area contributed by atoms with Crippen molar-refractivity contribution in [2.24, 2.45) is 0 Å². The van der Waals surface area contributed by atoms with Crippen LogP contribution < -0.4 is 5.32 Å². The molecule has 0 aliphatic heterocycles. The highest BCUT2D eigenvalue weighted by Gasteiger charge is 2.13. The minimum atomic E-state index is -0.185. The van der Waals surface area contributed by atoms with Crippen LogP contribution in [-0.2, 0) is 6.42 Å². The second-order valence-electron chi connectivity index (χ2n) is 4.70. The summed E-state index contributed by atoms with van der Waals surface area (Å²) in [6, 6.07) is 13.2. The van der Waals surface area contributed by atoms with Gasteiger partial charge in [-0.25, -0.2) is 4.39 Å². The van der Waals surface area contributed by atoms with Crippen LogP contribution in [0.5, 0.6) is 0 Å². The lowest BCUT2D eigenvalue weighted by atomic mass is 9.97. The normalized spacial score (nSPS) is 12.4. The van der Waals surface area contributed by atoms with Gasteiger partial charge in [-0.15, -0.1) is 0 Å². The minimum absolute atomic E-state index is 0.163. The van der Waals surface area contributed by atoms with E-state index >= 15 is 0 Å². The van der Waals surface area contributed by atoms with Crippen LogP contribution >= 0.6 is 15.9 Å². The summed E-state index contributed by atoms with van der Waals surface area (Å²) in [6.45, 7) is 2.07. The Morgan fingerprint density at radius 1 is 1.21 bits per heavy atom. The van der Waals surface area contributed by atoms with Gasteiger partial charge in [-0.1, -0.05) is 45.8 Å². The molecule has 3 heteroatoms. The molecular weight excluding hydrogens is 305 g/mol. The van der Waals surface area contributed by atoms with Gasteiger partial charge in [0.1, 0.15) is 5.82 Å². The minimum Gasteiger partial charge on any atom is -0.313 e. The van der Waals surface area contributed by atoms with Crippen molar-refractivity contribution in [3.05, 3.63) is 69.4 Å². The quantitative estimate of drug-likeness (QED) is 0.880. The average molecular weight is 322 g/mol. The predicted molar refractivity (Wildman–Crippen MR) is 80.8 cm³/mol. The van der Waals surface area contributed by atoms with Crippen LogP contribution in [0.25, 0.3) is 0 Å². The fourth-order valence-corrected chi connectivity index (χ4v) is 2.72. The van der Waals surface area contributed by atoms with Gasteiger partial charge in [0.25, 0.3) is 0 Å². The van der Waals surface area contributed by atoms with Crippen molar-refractivity contribution in [3.63, 3.8) is 0 Å². The highest BCUT2D eigenvalue weighted by atomic mass is 79.9. The second-order valence-corrected chi connectivity index (χ2v) is 5.55. The lowest BCUT2D eigenvalue weighted by molar-refractivity contribution is 0.582. The maximum atomic E-state index is 13.2. The molecule has 2 aromatic rings. The van der Waals surface area contributed by atoms with E-state index in [2.05, 4.69) is 46.4 Å². The van der Waals surface area contributed by atoms with E-state index in [-0.39, 0.29) is 11.9 Å². The van der Waals surface area contributed by atoms with Crippen molar-refractivity contribution in [2.75, 3.05) is 7.05 Å². The molecule has 0 fully saturated rings. The van der Waals surface area contributed by atoms with Crippen molar-refractivity contribution in [3.8, 4) is 0 Å². The molecule has 19 heavy (non-hydrogen) atoms. The van der Waals surface area contributed by atoms with Gasteiger partial charge in [0.05, 0.1) is 0 Å². The van der Waals surface area contributed by atoms with E-state index in [1.807, 2.05) is 13.1 Å². The SMILES string of the molecule is CNC(Cc1cccc(F)c1)c1cc(C)ccc1Br. The Labute approximate surface area is 122 Å². The van der Waals surface area contributed by atoms with Crippen molar-refractivity contribution in [1.82, 2.24) is 5.32 Å². The fraction of sp³-hybridized carbons (Fsp3) is 0.250. The third kappa shape index (κ3) is 3.64. The van der Waals surface area contributed by atoms with Crippen LogP contribution in [-0.4, -0.2) is 7.05 Å². The highest BCUT2D eigenvalue weighted by Crippen LogP contribution is 2.27. The van der Waals surface area contributed by atoms with Crippen LogP contribution in [0, 0.1) is 12.7 Å².